The van der Waals surface area contributed by atoms with Crippen molar-refractivity contribution in [2.45, 2.75) is 0 Å². The van der Waals surface area contributed by atoms with Crippen molar-refractivity contribution in [3.8, 4) is 22.3 Å². The van der Waals surface area contributed by atoms with Crippen LogP contribution in [0.25, 0.3) is 85.5 Å². The molecular weight excluding hydrogens is 671 g/mol. The Labute approximate surface area is 317 Å². The van der Waals surface area contributed by atoms with Crippen molar-refractivity contribution < 1.29 is 0 Å². The van der Waals surface area contributed by atoms with Crippen molar-refractivity contribution >= 4 is 91.7 Å². The van der Waals surface area contributed by atoms with Crippen LogP contribution in [-0.2, 0) is 0 Å². The summed E-state index contributed by atoms with van der Waals surface area (Å²) in [6, 6.07) is 73.4. The van der Waals surface area contributed by atoms with Crippen molar-refractivity contribution in [3.05, 3.63) is 200 Å². The Morgan fingerprint density at radius 1 is 0.296 bits per heavy atom. The van der Waals surface area contributed by atoms with Crippen LogP contribution in [0.15, 0.2) is 200 Å². The van der Waals surface area contributed by atoms with Crippen molar-refractivity contribution in [2.75, 3.05) is 4.90 Å². The Hall–Kier alpha value is -6.74. The van der Waals surface area contributed by atoms with Gasteiger partial charge in [0.2, 0.25) is 0 Å². The highest BCUT2D eigenvalue weighted by molar-refractivity contribution is 7.26. The highest BCUT2D eigenvalue weighted by Crippen LogP contribution is 2.44. The predicted octanol–water partition coefficient (Wildman–Crippen LogP) is 15.5. The SMILES string of the molecule is c1ccc(-c2cccc(N(c3ccc(-c4cc5ccc6ccccc6c5c5ccccc45)cc3)c3ccc4c(c3)sc3ccc5ccccc5c34)c2)cc1. The van der Waals surface area contributed by atoms with E-state index >= 15 is 0 Å². The smallest absolute Gasteiger partial charge is 0.0476 e. The maximum absolute atomic E-state index is 2.41. The molecule has 0 aliphatic heterocycles. The van der Waals surface area contributed by atoms with Gasteiger partial charge < -0.3 is 4.90 Å². The number of hydrogen-bond acceptors (Lipinski definition) is 2. The zero-order valence-corrected chi connectivity index (χ0v) is 30.2. The molecule has 0 aliphatic carbocycles. The van der Waals surface area contributed by atoms with Gasteiger partial charge in [0.15, 0.2) is 0 Å². The molecule has 54 heavy (non-hydrogen) atoms. The summed E-state index contributed by atoms with van der Waals surface area (Å²) < 4.78 is 2.60. The first-order valence-corrected chi connectivity index (χ1v) is 19.3. The van der Waals surface area contributed by atoms with Gasteiger partial charge in [-0.25, -0.2) is 0 Å². The Kier molecular flexibility index (Phi) is 7.11. The fourth-order valence-electron chi connectivity index (χ4n) is 8.48. The first-order chi connectivity index (χ1) is 26.8. The molecule has 1 heterocycles. The molecule has 0 saturated carbocycles. The number of hydrogen-bond donors (Lipinski definition) is 0. The molecule has 0 N–H and O–H groups in total. The van der Waals surface area contributed by atoms with Crippen LogP contribution in [0.4, 0.5) is 17.1 Å². The lowest BCUT2D eigenvalue weighted by Gasteiger charge is -2.26. The van der Waals surface area contributed by atoms with Crippen molar-refractivity contribution in [1.82, 2.24) is 0 Å². The predicted molar refractivity (Wildman–Crippen MR) is 235 cm³/mol. The summed E-state index contributed by atoms with van der Waals surface area (Å²) in [6.07, 6.45) is 0. The minimum absolute atomic E-state index is 1.12. The number of fused-ring (bicyclic) bond motifs is 10. The lowest BCUT2D eigenvalue weighted by atomic mass is 9.90. The lowest BCUT2D eigenvalue weighted by Crippen LogP contribution is -2.10. The van der Waals surface area contributed by atoms with Crippen LogP contribution in [-0.4, -0.2) is 0 Å². The lowest BCUT2D eigenvalue weighted by molar-refractivity contribution is 1.29. The minimum atomic E-state index is 1.12. The van der Waals surface area contributed by atoms with E-state index in [4.69, 9.17) is 0 Å². The third-order valence-electron chi connectivity index (χ3n) is 11.0. The summed E-state index contributed by atoms with van der Waals surface area (Å²) in [5.74, 6) is 0. The van der Waals surface area contributed by atoms with Crippen LogP contribution in [0.3, 0.4) is 0 Å². The molecule has 2 heteroatoms. The second-order valence-corrected chi connectivity index (χ2v) is 15.2. The molecule has 0 spiro atoms. The van der Waals surface area contributed by atoms with E-state index in [2.05, 4.69) is 205 Å². The first-order valence-electron chi connectivity index (χ1n) is 18.5. The van der Waals surface area contributed by atoms with E-state index < -0.39 is 0 Å². The van der Waals surface area contributed by atoms with E-state index in [1.54, 1.807) is 0 Å². The molecule has 0 unspecified atom stereocenters. The van der Waals surface area contributed by atoms with Crippen molar-refractivity contribution in [3.63, 3.8) is 0 Å². The second kappa shape index (κ2) is 12.4. The second-order valence-electron chi connectivity index (χ2n) is 14.1. The highest BCUT2D eigenvalue weighted by atomic mass is 32.1. The summed E-state index contributed by atoms with van der Waals surface area (Å²) in [4.78, 5) is 2.41. The minimum Gasteiger partial charge on any atom is -0.310 e. The molecule has 252 valence electrons. The highest BCUT2D eigenvalue weighted by Gasteiger charge is 2.18. The van der Waals surface area contributed by atoms with Gasteiger partial charge in [0.1, 0.15) is 0 Å². The monoisotopic (exact) mass is 703 g/mol. The van der Waals surface area contributed by atoms with E-state index in [0.29, 0.717) is 0 Å². The van der Waals surface area contributed by atoms with Gasteiger partial charge in [0, 0.05) is 37.2 Å². The molecule has 10 aromatic carbocycles. The van der Waals surface area contributed by atoms with Crippen LogP contribution >= 0.6 is 11.3 Å². The maximum atomic E-state index is 2.41. The molecule has 0 bridgehead atoms. The molecule has 0 saturated heterocycles. The van der Waals surface area contributed by atoms with Gasteiger partial charge in [-0.3, -0.25) is 0 Å². The fourth-order valence-corrected chi connectivity index (χ4v) is 9.64. The molecule has 11 aromatic rings. The Morgan fingerprint density at radius 2 is 0.907 bits per heavy atom. The van der Waals surface area contributed by atoms with Crippen LogP contribution < -0.4 is 4.90 Å². The largest absolute Gasteiger partial charge is 0.310 e. The maximum Gasteiger partial charge on any atom is 0.0476 e. The van der Waals surface area contributed by atoms with Gasteiger partial charge in [0.05, 0.1) is 0 Å². The van der Waals surface area contributed by atoms with Gasteiger partial charge in [-0.05, 0) is 114 Å². The molecule has 11 rings (SSSR count). The molecule has 1 aromatic heterocycles. The van der Waals surface area contributed by atoms with Crippen LogP contribution in [0, 0.1) is 0 Å². The average Bonchev–Trinajstić information content (AvgIpc) is 3.63. The van der Waals surface area contributed by atoms with Crippen molar-refractivity contribution in [2.24, 2.45) is 0 Å². The van der Waals surface area contributed by atoms with Crippen molar-refractivity contribution in [1.29, 1.82) is 0 Å². The third kappa shape index (κ3) is 4.99. The summed E-state index contributed by atoms with van der Waals surface area (Å²) in [6.45, 7) is 0. The fraction of sp³-hybridized carbons (Fsp3) is 0. The zero-order chi connectivity index (χ0) is 35.6. The normalized spacial score (nSPS) is 11.7. The van der Waals surface area contributed by atoms with Crippen LogP contribution in [0.2, 0.25) is 0 Å². The van der Waals surface area contributed by atoms with Crippen LogP contribution in [0.1, 0.15) is 0 Å². The van der Waals surface area contributed by atoms with E-state index in [1.165, 1.54) is 85.5 Å². The van der Waals surface area contributed by atoms with Gasteiger partial charge in [-0.2, -0.15) is 0 Å². The van der Waals surface area contributed by atoms with E-state index in [-0.39, 0.29) is 0 Å². The number of thiophene rings is 1. The first kappa shape index (κ1) is 30.8. The van der Waals surface area contributed by atoms with E-state index in [1.807, 2.05) is 11.3 Å². The summed E-state index contributed by atoms with van der Waals surface area (Å²) in [5.41, 5.74) is 8.23. The van der Waals surface area contributed by atoms with Gasteiger partial charge in [-0.15, -0.1) is 11.3 Å². The molecule has 0 aliphatic rings. The quantitative estimate of drug-likeness (QED) is 0.161. The van der Waals surface area contributed by atoms with E-state index in [9.17, 15) is 0 Å². The Balaban J connectivity index is 1.08. The molecule has 0 fully saturated rings. The van der Waals surface area contributed by atoms with Gasteiger partial charge >= 0.3 is 0 Å². The molecule has 0 radical (unpaired) electrons. The standard InChI is InChI=1S/C52H33NS/c1-2-11-34(12-3-1)38-15-10-16-41(31-38)53(42-28-29-47-50(33-42)54-49-30-25-36-14-5-7-18-44(36)52(47)49)40-26-23-37(24-27-40)48-32-39-22-21-35-13-4-6-17-43(35)51(39)46-20-9-8-19-45(46)48/h1-33H. The van der Waals surface area contributed by atoms with Gasteiger partial charge in [0.25, 0.3) is 0 Å². The topological polar surface area (TPSA) is 3.24 Å². The Bertz CT molecular complexity index is 3210. The summed E-state index contributed by atoms with van der Waals surface area (Å²) in [5, 5.41) is 12.9. The average molecular weight is 704 g/mol. The number of benzene rings is 10. The number of anilines is 3. The van der Waals surface area contributed by atoms with Crippen LogP contribution in [0.5, 0.6) is 0 Å². The number of nitrogens with zero attached hydrogens (tertiary/aromatic N) is 1. The van der Waals surface area contributed by atoms with Gasteiger partial charge in [-0.1, -0.05) is 152 Å². The zero-order valence-electron chi connectivity index (χ0n) is 29.4. The molecular formula is C52H33NS. The third-order valence-corrected chi connectivity index (χ3v) is 12.1. The summed E-state index contributed by atoms with van der Waals surface area (Å²) in [7, 11) is 0. The molecule has 0 amide bonds. The summed E-state index contributed by atoms with van der Waals surface area (Å²) >= 11 is 1.87. The van der Waals surface area contributed by atoms with E-state index in [0.717, 1.165) is 17.1 Å². The molecule has 0 atom stereocenters. The Morgan fingerprint density at radius 3 is 1.70 bits per heavy atom. The number of rotatable bonds is 5. The molecule has 1 nitrogen and oxygen atoms in total.